The summed E-state index contributed by atoms with van der Waals surface area (Å²) in [6, 6.07) is 25.9. The van der Waals surface area contributed by atoms with Crippen LogP contribution in [0.1, 0.15) is 44.9 Å². The average molecular weight is 692 g/mol. The summed E-state index contributed by atoms with van der Waals surface area (Å²) in [6.07, 6.45) is 16.8. The van der Waals surface area contributed by atoms with Crippen molar-refractivity contribution in [3.05, 3.63) is 109 Å². The average Bonchev–Trinajstić information content (AvgIpc) is 3.17. The summed E-state index contributed by atoms with van der Waals surface area (Å²) in [5.74, 6) is 2.62. The normalized spacial score (nSPS) is 13.4. The van der Waals surface area contributed by atoms with Crippen LogP contribution >= 0.6 is 0 Å². The van der Waals surface area contributed by atoms with Crippen LogP contribution in [0.15, 0.2) is 119 Å². The second-order valence-electron chi connectivity index (χ2n) is 12.7. The third-order valence-corrected chi connectivity index (χ3v) is 8.78. The van der Waals surface area contributed by atoms with Crippen LogP contribution in [0.4, 0.5) is 34.5 Å². The van der Waals surface area contributed by atoms with Gasteiger partial charge in [-0.15, -0.1) is 4.57 Å². The Kier molecular flexibility index (Phi) is 10.8. The molecule has 0 spiro atoms. The predicted molar refractivity (Wildman–Crippen MR) is 212 cm³/mol. The van der Waals surface area contributed by atoms with Gasteiger partial charge in [0.25, 0.3) is 0 Å². The summed E-state index contributed by atoms with van der Waals surface area (Å²) in [5, 5.41) is 10.4. The molecule has 0 fully saturated rings. The van der Waals surface area contributed by atoms with Crippen molar-refractivity contribution in [1.82, 2.24) is 25.3 Å². The number of nitrogen functional groups attached to an aromatic ring is 2. The fraction of sp³-hybridized carbons (Fsp3) is 0.225. The van der Waals surface area contributed by atoms with E-state index >= 15 is 0 Å². The highest BCUT2D eigenvalue weighted by atomic mass is 15.1. The molecule has 0 atom stereocenters. The molecule has 0 unspecified atom stereocenters. The molecular weight excluding hydrogens is 649 g/mol. The molecule has 0 saturated heterocycles. The minimum Gasteiger partial charge on any atom is -0.384 e. The number of rotatable bonds is 15. The molecule has 12 heteroatoms. The molecule has 262 valence electrons. The minimum absolute atomic E-state index is 0.438. The van der Waals surface area contributed by atoms with Gasteiger partial charge in [0.15, 0.2) is 11.0 Å². The minimum atomic E-state index is 0.438. The first-order valence-electron chi connectivity index (χ1n) is 17.8. The quantitative estimate of drug-likeness (QED) is 0.0425. The molecule has 5 heterocycles. The van der Waals surface area contributed by atoms with Gasteiger partial charge < -0.3 is 27.4 Å². The Morgan fingerprint density at radius 3 is 2.10 bits per heavy atom. The lowest BCUT2D eigenvalue weighted by Crippen LogP contribution is -2.33. The zero-order valence-corrected chi connectivity index (χ0v) is 29.0. The van der Waals surface area contributed by atoms with E-state index in [9.17, 15) is 0 Å². The largest absolute Gasteiger partial charge is 0.384 e. The second-order valence-corrected chi connectivity index (χ2v) is 12.7. The van der Waals surface area contributed by atoms with E-state index < -0.39 is 0 Å². The summed E-state index contributed by atoms with van der Waals surface area (Å²) >= 11 is 0. The maximum Gasteiger partial charge on any atom is 0.242 e. The van der Waals surface area contributed by atoms with Gasteiger partial charge in [0, 0.05) is 43.4 Å². The number of nitrogens with one attached hydrogen (secondary N) is 3. The number of fused-ring (bicyclic) bond motifs is 2. The summed E-state index contributed by atoms with van der Waals surface area (Å²) in [4.78, 5) is 27.3. The van der Waals surface area contributed by atoms with Gasteiger partial charge >= 0.3 is 0 Å². The van der Waals surface area contributed by atoms with Crippen LogP contribution in [-0.2, 0) is 0 Å². The summed E-state index contributed by atoms with van der Waals surface area (Å²) in [5.41, 5.74) is 19.8. The number of hydrogen-bond acceptors (Lipinski definition) is 11. The highest BCUT2D eigenvalue weighted by Gasteiger charge is 2.21. The Bertz CT molecular complexity index is 2230. The first-order chi connectivity index (χ1) is 25.6. The third kappa shape index (κ3) is 8.64. The molecular formula is C40H43N12+. The lowest BCUT2D eigenvalue weighted by molar-refractivity contribution is -0.538. The van der Waals surface area contributed by atoms with Gasteiger partial charge in [0.1, 0.15) is 29.0 Å². The van der Waals surface area contributed by atoms with E-state index in [1.807, 2.05) is 67.0 Å². The topological polar surface area (TPSA) is 168 Å². The molecule has 0 aliphatic carbocycles. The number of nitrogens with two attached hydrogens (primary N) is 2. The molecule has 1 aliphatic heterocycles. The van der Waals surface area contributed by atoms with Crippen LogP contribution < -0.4 is 32.0 Å². The number of allylic oxidation sites excluding steroid dienone is 1. The summed E-state index contributed by atoms with van der Waals surface area (Å²) < 4.78 is 2.17. The SMILES string of the molecule is Nc1cc(Nc2ccccc2)c(N=C2C=NC(NCCCCCCCCNc3cc4c(cn3)nc3cnc(N)cc3[n+]4-c3ccccc3)=CC2)cn1. The molecule has 0 radical (unpaired) electrons. The molecule has 4 aromatic heterocycles. The number of pyridine rings is 3. The van der Waals surface area contributed by atoms with Crippen LogP contribution in [0, 0.1) is 0 Å². The number of nitrogens with zero attached hydrogens (tertiary/aromatic N) is 7. The van der Waals surface area contributed by atoms with Gasteiger partial charge in [-0.1, -0.05) is 62.1 Å². The molecule has 6 aromatic rings. The summed E-state index contributed by atoms with van der Waals surface area (Å²) in [7, 11) is 0. The fourth-order valence-electron chi connectivity index (χ4n) is 6.15. The zero-order chi connectivity index (χ0) is 35.5. The zero-order valence-electron chi connectivity index (χ0n) is 29.0. The second kappa shape index (κ2) is 16.5. The van der Waals surface area contributed by atoms with E-state index in [0.29, 0.717) is 18.1 Å². The lowest BCUT2D eigenvalue weighted by atomic mass is 10.1. The van der Waals surface area contributed by atoms with Crippen LogP contribution in [-0.4, -0.2) is 45.0 Å². The number of benzene rings is 2. The Balaban J connectivity index is 0.822. The van der Waals surface area contributed by atoms with Crippen molar-refractivity contribution in [2.24, 2.45) is 9.98 Å². The first-order valence-corrected chi connectivity index (χ1v) is 17.8. The molecule has 1 aliphatic rings. The molecule has 0 saturated carbocycles. The Hall–Kier alpha value is -6.43. The molecule has 7 rings (SSSR count). The van der Waals surface area contributed by atoms with E-state index in [1.165, 1.54) is 25.7 Å². The number of aliphatic imine (C=N–C) groups is 2. The van der Waals surface area contributed by atoms with Gasteiger partial charge in [0.2, 0.25) is 16.7 Å². The van der Waals surface area contributed by atoms with Crippen LogP contribution in [0.25, 0.3) is 27.8 Å². The van der Waals surface area contributed by atoms with Crippen molar-refractivity contribution >= 4 is 68.5 Å². The van der Waals surface area contributed by atoms with Crippen molar-refractivity contribution in [2.75, 3.05) is 35.2 Å². The highest BCUT2D eigenvalue weighted by molar-refractivity contribution is 6.32. The van der Waals surface area contributed by atoms with Crippen molar-refractivity contribution in [2.45, 2.75) is 44.9 Å². The molecule has 2 aromatic carbocycles. The predicted octanol–water partition coefficient (Wildman–Crippen LogP) is 7.19. The van der Waals surface area contributed by atoms with Gasteiger partial charge in [-0.25, -0.2) is 29.9 Å². The smallest absolute Gasteiger partial charge is 0.242 e. The molecule has 0 amide bonds. The molecule has 7 N–H and O–H groups in total. The van der Waals surface area contributed by atoms with Crippen molar-refractivity contribution in [1.29, 1.82) is 0 Å². The molecule has 12 nitrogen and oxygen atoms in total. The van der Waals surface area contributed by atoms with Gasteiger partial charge in [-0.2, -0.15) is 0 Å². The van der Waals surface area contributed by atoms with Gasteiger partial charge in [0.05, 0.1) is 48.3 Å². The van der Waals surface area contributed by atoms with E-state index in [0.717, 1.165) is 88.1 Å². The van der Waals surface area contributed by atoms with Gasteiger partial charge in [-0.3, -0.25) is 0 Å². The van der Waals surface area contributed by atoms with E-state index in [2.05, 4.69) is 64.7 Å². The van der Waals surface area contributed by atoms with Crippen molar-refractivity contribution in [3.8, 4) is 5.69 Å². The first kappa shape index (κ1) is 34.0. The Morgan fingerprint density at radius 2 is 1.35 bits per heavy atom. The van der Waals surface area contributed by atoms with E-state index in [-0.39, 0.29) is 0 Å². The molecule has 52 heavy (non-hydrogen) atoms. The van der Waals surface area contributed by atoms with E-state index in [1.54, 1.807) is 18.5 Å². The maximum absolute atomic E-state index is 6.07. The fourth-order valence-corrected chi connectivity index (χ4v) is 6.15. The maximum atomic E-state index is 6.07. The lowest BCUT2D eigenvalue weighted by Gasteiger charge is -2.13. The number of para-hydroxylation sites is 2. The summed E-state index contributed by atoms with van der Waals surface area (Å²) in [6.45, 7) is 1.76. The Labute approximate surface area is 302 Å². The molecule has 0 bridgehead atoms. The van der Waals surface area contributed by atoms with Crippen molar-refractivity contribution < 1.29 is 4.57 Å². The number of anilines is 5. The number of unbranched alkanes of at least 4 members (excludes halogenated alkanes) is 5. The third-order valence-electron chi connectivity index (χ3n) is 8.78. The van der Waals surface area contributed by atoms with Gasteiger partial charge in [-0.05, 0) is 31.1 Å². The monoisotopic (exact) mass is 691 g/mol. The van der Waals surface area contributed by atoms with Crippen LogP contribution in [0.3, 0.4) is 0 Å². The van der Waals surface area contributed by atoms with E-state index in [4.69, 9.17) is 21.4 Å². The van der Waals surface area contributed by atoms with Crippen LogP contribution in [0.2, 0.25) is 0 Å². The van der Waals surface area contributed by atoms with Crippen LogP contribution in [0.5, 0.6) is 0 Å². The van der Waals surface area contributed by atoms with Crippen molar-refractivity contribution in [3.63, 3.8) is 0 Å². The number of hydrogen-bond donors (Lipinski definition) is 5. The standard InChI is InChI=1S/C40H42N12/c41-37-21-31(49-28-13-7-5-8-14-28)32(25-45-37)50-29-17-18-39(47-24-29)43-19-11-3-1-2-4-12-20-44-40-23-36-34(27-48-40)51-33-26-46-38(42)22-35(33)52(36)30-15-9-6-10-16-30/h5-10,13-16,18,21-27,43H,1-4,11-12,17,19-20H2,(H5,41,42,44,45,46,47,48,49)/p+1. The Morgan fingerprint density at radius 1 is 0.692 bits per heavy atom. The highest BCUT2D eigenvalue weighted by Crippen LogP contribution is 2.29. The number of aromatic nitrogens is 5.